The van der Waals surface area contributed by atoms with Gasteiger partial charge in [0.25, 0.3) is 0 Å². The second kappa shape index (κ2) is 19.7. The van der Waals surface area contributed by atoms with Gasteiger partial charge in [-0.2, -0.15) is 0 Å². The molecule has 3 heteroatoms. The number of hydrogen-bond donors (Lipinski definition) is 0. The second-order valence-electron chi connectivity index (χ2n) is 25.1. The molecule has 13 aromatic rings. The number of nitrogens with zero attached hydrogens (tertiary/aromatic N) is 2. The molecule has 0 atom stereocenters. The monoisotopic (exact) mass is 1130 g/mol. The van der Waals surface area contributed by atoms with Crippen molar-refractivity contribution in [3.05, 3.63) is 348 Å². The zero-order chi connectivity index (χ0) is 58.9. The van der Waals surface area contributed by atoms with Crippen molar-refractivity contribution in [1.82, 2.24) is 0 Å². The van der Waals surface area contributed by atoms with E-state index in [1.165, 1.54) is 89.0 Å². The van der Waals surface area contributed by atoms with Crippen molar-refractivity contribution in [2.75, 3.05) is 9.80 Å². The molecule has 418 valence electrons. The summed E-state index contributed by atoms with van der Waals surface area (Å²) >= 11 is 0. The number of rotatable bonds is 8. The Kier molecular flexibility index (Phi) is 11.5. The molecule has 1 spiro atoms. The predicted octanol–water partition coefficient (Wildman–Crippen LogP) is 22.7. The minimum Gasteiger partial charge on any atom is -0.452 e. The number of para-hydroxylation sites is 2. The van der Waals surface area contributed by atoms with Gasteiger partial charge >= 0.3 is 0 Å². The lowest BCUT2D eigenvalue weighted by Gasteiger charge is -2.45. The molecule has 0 bridgehead atoms. The van der Waals surface area contributed by atoms with Crippen LogP contribution in [0.25, 0.3) is 66.8 Å². The van der Waals surface area contributed by atoms with Gasteiger partial charge in [-0.15, -0.1) is 0 Å². The highest BCUT2D eigenvalue weighted by Crippen LogP contribution is 2.65. The summed E-state index contributed by atoms with van der Waals surface area (Å²) < 4.78 is 8.23. The van der Waals surface area contributed by atoms with Crippen LogP contribution < -0.4 is 14.5 Å². The van der Waals surface area contributed by atoms with Crippen LogP contribution >= 0.6 is 0 Å². The molecule has 0 saturated carbocycles. The minimum absolute atomic E-state index is 0.240. The van der Waals surface area contributed by atoms with E-state index in [2.05, 4.69) is 341 Å². The lowest BCUT2D eigenvalue weighted by atomic mass is 9.62. The van der Waals surface area contributed by atoms with Crippen molar-refractivity contribution in [3.8, 4) is 78.3 Å². The van der Waals surface area contributed by atoms with E-state index in [0.29, 0.717) is 0 Å². The Morgan fingerprint density at radius 1 is 0.227 bits per heavy atom. The van der Waals surface area contributed by atoms with Gasteiger partial charge in [0.05, 0.1) is 16.8 Å². The first-order chi connectivity index (χ1) is 43.2. The van der Waals surface area contributed by atoms with Gasteiger partial charge in [-0.3, -0.25) is 0 Å². The summed E-state index contributed by atoms with van der Waals surface area (Å²) in [7, 11) is 0. The van der Waals surface area contributed by atoms with Crippen LogP contribution in [0, 0.1) is 0 Å². The summed E-state index contributed by atoms with van der Waals surface area (Å²) in [6.07, 6.45) is 0. The summed E-state index contributed by atoms with van der Waals surface area (Å²) in [5.74, 6) is 1.58. The van der Waals surface area contributed by atoms with Gasteiger partial charge in [0, 0.05) is 44.7 Å². The Labute approximate surface area is 515 Å². The third-order valence-corrected chi connectivity index (χ3v) is 19.8. The smallest absolute Gasteiger partial charge is 0.156 e. The van der Waals surface area contributed by atoms with Crippen molar-refractivity contribution in [1.29, 1.82) is 0 Å². The van der Waals surface area contributed by atoms with Gasteiger partial charge in [0.1, 0.15) is 0 Å². The van der Waals surface area contributed by atoms with E-state index in [9.17, 15) is 0 Å². The standard InChI is InChI=1S/C85H62N2O/c1-83(2)71-33-17-13-31-67(71)69-51-49-61(53-77(69)83)86(59-45-41-57(42-46-59)55-23-7-5-8-24-55)79-39-21-37-75-81(79)88-82-76(85(75)73-35-19-15-29-65(73)63-27-11-12-28-64(63)66-30-16-20-36-74(66)85)38-22-40-80(82)87(60-47-43-58(44-48-60)56-25-9-6-10-26-56)62-50-52-70-68-32-14-18-34-72(68)84(3,4)78(70)54-62/h5-54H,1-4H3. The van der Waals surface area contributed by atoms with Crippen LogP contribution in [-0.2, 0) is 16.2 Å². The highest BCUT2D eigenvalue weighted by molar-refractivity contribution is 5.98. The van der Waals surface area contributed by atoms with E-state index in [1.807, 2.05) is 0 Å². The normalized spacial score (nSPS) is 14.3. The molecule has 0 fully saturated rings. The molecule has 4 aliphatic rings. The minimum atomic E-state index is -0.921. The van der Waals surface area contributed by atoms with Gasteiger partial charge in [0.15, 0.2) is 11.5 Å². The summed E-state index contributed by atoms with van der Waals surface area (Å²) in [5, 5.41) is 0. The zero-order valence-electron chi connectivity index (χ0n) is 49.7. The fourth-order valence-corrected chi connectivity index (χ4v) is 15.6. The Bertz CT molecular complexity index is 4630. The molecule has 0 aromatic heterocycles. The molecule has 88 heavy (non-hydrogen) atoms. The maximum Gasteiger partial charge on any atom is 0.156 e. The van der Waals surface area contributed by atoms with E-state index >= 15 is 0 Å². The highest BCUT2D eigenvalue weighted by Gasteiger charge is 2.51. The summed E-state index contributed by atoms with van der Waals surface area (Å²) in [6, 6.07) is 113. The summed E-state index contributed by atoms with van der Waals surface area (Å²) in [4.78, 5) is 4.91. The second-order valence-corrected chi connectivity index (χ2v) is 25.1. The summed E-state index contributed by atoms with van der Waals surface area (Å²) in [5.41, 5.74) is 29.0. The molecule has 13 aromatic carbocycles. The van der Waals surface area contributed by atoms with E-state index in [1.54, 1.807) is 0 Å². The van der Waals surface area contributed by atoms with Crippen LogP contribution in [0.5, 0.6) is 11.5 Å². The van der Waals surface area contributed by atoms with Crippen LogP contribution in [0.15, 0.2) is 303 Å². The lowest BCUT2D eigenvalue weighted by molar-refractivity contribution is 0.437. The van der Waals surface area contributed by atoms with Crippen LogP contribution in [0.1, 0.15) is 72.2 Å². The Morgan fingerprint density at radius 2 is 0.523 bits per heavy atom. The van der Waals surface area contributed by atoms with Crippen molar-refractivity contribution in [3.63, 3.8) is 0 Å². The maximum absolute atomic E-state index is 8.23. The molecule has 0 radical (unpaired) electrons. The largest absolute Gasteiger partial charge is 0.452 e. The fraction of sp³-hybridized carbons (Fsp3) is 0.0824. The fourth-order valence-electron chi connectivity index (χ4n) is 15.6. The van der Waals surface area contributed by atoms with Gasteiger partial charge < -0.3 is 14.5 Å². The van der Waals surface area contributed by atoms with Crippen molar-refractivity contribution in [2.24, 2.45) is 0 Å². The van der Waals surface area contributed by atoms with Crippen molar-refractivity contribution >= 4 is 34.1 Å². The number of anilines is 6. The number of fused-ring (bicyclic) bond motifs is 17. The topological polar surface area (TPSA) is 15.7 Å². The van der Waals surface area contributed by atoms with E-state index < -0.39 is 5.41 Å². The third-order valence-electron chi connectivity index (χ3n) is 19.8. The SMILES string of the molecule is CC1(C)c2ccccc2-c2ccc(N(c3ccc(-c4ccccc4)cc3)c3cccc4c3Oc3c(N(c5ccc(-c6ccccc6)cc5)c5ccc6c(c5)C(C)(C)c5ccccc5-6)cccc3C43c4ccccc4-c4ccccc4-c4ccccc43)cc21. The number of hydrogen-bond acceptors (Lipinski definition) is 3. The first-order valence-electron chi connectivity index (χ1n) is 30.8. The van der Waals surface area contributed by atoms with Gasteiger partial charge in [-0.25, -0.2) is 0 Å². The average molecular weight is 1130 g/mol. The highest BCUT2D eigenvalue weighted by atomic mass is 16.5. The van der Waals surface area contributed by atoms with Crippen LogP contribution in [0.2, 0.25) is 0 Å². The number of ether oxygens (including phenoxy) is 1. The average Bonchev–Trinajstić information content (AvgIpc) is 1.14. The Hall–Kier alpha value is -10.7. The van der Waals surface area contributed by atoms with Gasteiger partial charge in [-0.1, -0.05) is 270 Å². The number of benzene rings is 13. The molecule has 3 nitrogen and oxygen atoms in total. The molecular formula is C85H62N2O. The quantitative estimate of drug-likeness (QED) is 0.151. The van der Waals surface area contributed by atoms with E-state index in [-0.39, 0.29) is 10.8 Å². The van der Waals surface area contributed by atoms with Gasteiger partial charge in [0.2, 0.25) is 0 Å². The molecule has 17 rings (SSSR count). The van der Waals surface area contributed by atoms with Gasteiger partial charge in [-0.05, 0) is 161 Å². The van der Waals surface area contributed by atoms with Crippen LogP contribution in [-0.4, -0.2) is 0 Å². The van der Waals surface area contributed by atoms with E-state index in [4.69, 9.17) is 4.74 Å². The van der Waals surface area contributed by atoms with Crippen molar-refractivity contribution in [2.45, 2.75) is 43.9 Å². The van der Waals surface area contributed by atoms with Crippen LogP contribution in [0.4, 0.5) is 34.1 Å². The molecule has 0 unspecified atom stereocenters. The Balaban J connectivity index is 0.963. The molecular weight excluding hydrogens is 1060 g/mol. The first kappa shape index (κ1) is 51.7. The molecule has 1 heterocycles. The molecule has 0 N–H and O–H groups in total. The van der Waals surface area contributed by atoms with Crippen LogP contribution in [0.3, 0.4) is 0 Å². The lowest BCUT2D eigenvalue weighted by Crippen LogP contribution is -2.35. The maximum atomic E-state index is 8.23. The molecule has 0 saturated heterocycles. The summed E-state index contributed by atoms with van der Waals surface area (Å²) in [6.45, 7) is 9.49. The predicted molar refractivity (Wildman–Crippen MR) is 365 cm³/mol. The molecule has 3 aliphatic carbocycles. The first-order valence-corrected chi connectivity index (χ1v) is 30.8. The third kappa shape index (κ3) is 7.56. The van der Waals surface area contributed by atoms with E-state index in [0.717, 1.165) is 67.9 Å². The molecule has 0 amide bonds. The van der Waals surface area contributed by atoms with Crippen molar-refractivity contribution < 1.29 is 4.74 Å². The molecule has 1 aliphatic heterocycles. The Morgan fingerprint density at radius 3 is 0.920 bits per heavy atom. The zero-order valence-corrected chi connectivity index (χ0v) is 49.7.